The van der Waals surface area contributed by atoms with Gasteiger partial charge in [-0.25, -0.2) is 0 Å². The van der Waals surface area contributed by atoms with Crippen LogP contribution in [0.25, 0.3) is 0 Å². The maximum Gasteiger partial charge on any atom is 0.115 e. The second kappa shape index (κ2) is 2.35. The molecule has 0 N–H and O–H groups in total. The number of nitrogens with zero attached hydrogens (tertiary/aromatic N) is 2. The molecule has 4 heteroatoms. The SMILES string of the molecule is CN1N=C2CCCC2P1Cl. The van der Waals surface area contributed by atoms with Gasteiger partial charge >= 0.3 is 0 Å². The average Bonchev–Trinajstić information content (AvgIpc) is 2.41. The zero-order valence-corrected chi connectivity index (χ0v) is 7.57. The predicted molar refractivity (Wildman–Crippen MR) is 45.6 cm³/mol. The van der Waals surface area contributed by atoms with E-state index < -0.39 is 7.43 Å². The molecule has 0 amide bonds. The van der Waals surface area contributed by atoms with Crippen LogP contribution >= 0.6 is 18.7 Å². The van der Waals surface area contributed by atoms with E-state index in [1.165, 1.54) is 25.0 Å². The summed E-state index contributed by atoms with van der Waals surface area (Å²) in [5, 5.41) is 4.38. The lowest BCUT2D eigenvalue weighted by Gasteiger charge is -2.14. The summed E-state index contributed by atoms with van der Waals surface area (Å²) in [6.07, 6.45) is 3.74. The number of hydrazone groups is 1. The van der Waals surface area contributed by atoms with Gasteiger partial charge in [-0.3, -0.25) is 4.78 Å². The van der Waals surface area contributed by atoms with Gasteiger partial charge in [-0.1, -0.05) is 11.2 Å². The number of halogens is 1. The van der Waals surface area contributed by atoms with Crippen molar-refractivity contribution in [3.63, 3.8) is 0 Å². The van der Waals surface area contributed by atoms with E-state index in [1.807, 2.05) is 11.8 Å². The van der Waals surface area contributed by atoms with Crippen LogP contribution in [0, 0.1) is 0 Å². The fraction of sp³-hybridized carbons (Fsp3) is 0.833. The van der Waals surface area contributed by atoms with E-state index in [9.17, 15) is 0 Å². The van der Waals surface area contributed by atoms with Crippen molar-refractivity contribution in [2.24, 2.45) is 5.10 Å². The Labute approximate surface area is 66.8 Å². The number of rotatable bonds is 0. The highest BCUT2D eigenvalue weighted by Gasteiger charge is 2.37. The minimum atomic E-state index is -0.465. The van der Waals surface area contributed by atoms with Gasteiger partial charge in [-0.05, 0) is 19.3 Å². The first-order valence-corrected chi connectivity index (χ1v) is 5.82. The fourth-order valence-corrected chi connectivity index (χ4v) is 3.74. The van der Waals surface area contributed by atoms with E-state index in [4.69, 9.17) is 11.2 Å². The van der Waals surface area contributed by atoms with Crippen molar-refractivity contribution in [2.75, 3.05) is 7.05 Å². The second-order valence-corrected chi connectivity index (χ2v) is 5.60. The van der Waals surface area contributed by atoms with Crippen molar-refractivity contribution in [1.82, 2.24) is 4.78 Å². The molecule has 2 nitrogen and oxygen atoms in total. The van der Waals surface area contributed by atoms with Gasteiger partial charge in [0.15, 0.2) is 0 Å². The molecular weight excluding hydrogens is 167 g/mol. The van der Waals surface area contributed by atoms with E-state index in [-0.39, 0.29) is 0 Å². The highest BCUT2D eigenvalue weighted by atomic mass is 35.7. The van der Waals surface area contributed by atoms with Gasteiger partial charge in [-0.15, -0.1) is 0 Å². The topological polar surface area (TPSA) is 15.6 Å². The third-order valence-electron chi connectivity index (χ3n) is 2.10. The molecule has 0 radical (unpaired) electrons. The number of hydrogen-bond donors (Lipinski definition) is 0. The Morgan fingerprint density at radius 2 is 2.60 bits per heavy atom. The molecule has 2 rings (SSSR count). The van der Waals surface area contributed by atoms with Gasteiger partial charge in [0.1, 0.15) is 7.43 Å². The Hall–Kier alpha value is 0.190. The van der Waals surface area contributed by atoms with E-state index in [2.05, 4.69) is 5.10 Å². The normalized spacial score (nSPS) is 38.2. The molecule has 1 heterocycles. The summed E-state index contributed by atoms with van der Waals surface area (Å²) in [5.74, 6) is 0. The summed E-state index contributed by atoms with van der Waals surface area (Å²) in [5.41, 5.74) is 1.98. The van der Waals surface area contributed by atoms with Crippen molar-refractivity contribution < 1.29 is 0 Å². The van der Waals surface area contributed by atoms with Crippen molar-refractivity contribution in [1.29, 1.82) is 0 Å². The Morgan fingerprint density at radius 1 is 1.80 bits per heavy atom. The fourth-order valence-electron chi connectivity index (χ4n) is 1.59. The number of hydrogen-bond acceptors (Lipinski definition) is 2. The summed E-state index contributed by atoms with van der Waals surface area (Å²) in [7, 11) is 1.51. The summed E-state index contributed by atoms with van der Waals surface area (Å²) in [4.78, 5) is 0. The summed E-state index contributed by atoms with van der Waals surface area (Å²) < 4.78 is 1.94. The standard InChI is InChI=1S/C6H10ClN2P/c1-9-8-5-3-2-4-6(5)10(9)7/h6H,2-4H2,1H3. The third kappa shape index (κ3) is 0.860. The van der Waals surface area contributed by atoms with Gasteiger partial charge < -0.3 is 0 Å². The molecular formula is C6H10ClN2P. The molecule has 0 aromatic rings. The molecule has 2 aliphatic rings. The highest BCUT2D eigenvalue weighted by molar-refractivity contribution is 7.83. The summed E-state index contributed by atoms with van der Waals surface area (Å²) >= 11 is 6.14. The first kappa shape index (κ1) is 6.87. The molecule has 1 aliphatic heterocycles. The molecule has 0 spiro atoms. The largest absolute Gasteiger partial charge is 0.263 e. The monoisotopic (exact) mass is 176 g/mol. The van der Waals surface area contributed by atoms with Crippen LogP contribution in [0.1, 0.15) is 19.3 Å². The second-order valence-electron chi connectivity index (χ2n) is 2.78. The maximum absolute atomic E-state index is 6.14. The van der Waals surface area contributed by atoms with Crippen molar-refractivity contribution in [3.05, 3.63) is 0 Å². The van der Waals surface area contributed by atoms with Crippen molar-refractivity contribution in [2.45, 2.75) is 24.9 Å². The van der Waals surface area contributed by atoms with Gasteiger partial charge in [0.2, 0.25) is 0 Å². The third-order valence-corrected chi connectivity index (χ3v) is 5.18. The molecule has 10 heavy (non-hydrogen) atoms. The number of fused-ring (bicyclic) bond motifs is 1. The van der Waals surface area contributed by atoms with E-state index in [0.29, 0.717) is 5.66 Å². The maximum atomic E-state index is 6.14. The van der Waals surface area contributed by atoms with E-state index >= 15 is 0 Å². The molecule has 56 valence electrons. The zero-order valence-electron chi connectivity index (χ0n) is 5.92. The zero-order chi connectivity index (χ0) is 7.14. The Balaban J connectivity index is 2.22. The van der Waals surface area contributed by atoms with E-state index in [1.54, 1.807) is 0 Å². The minimum Gasteiger partial charge on any atom is -0.263 e. The summed E-state index contributed by atoms with van der Waals surface area (Å²) in [6.45, 7) is 0. The first-order chi connectivity index (χ1) is 4.79. The van der Waals surface area contributed by atoms with Crippen LogP contribution in [0.3, 0.4) is 0 Å². The van der Waals surface area contributed by atoms with Crippen LogP contribution in [0.15, 0.2) is 5.10 Å². The molecule has 1 fully saturated rings. The van der Waals surface area contributed by atoms with Crippen LogP contribution in [-0.4, -0.2) is 23.2 Å². The van der Waals surface area contributed by atoms with Crippen LogP contribution in [0.5, 0.6) is 0 Å². The Kier molecular flexibility index (Phi) is 1.62. The first-order valence-electron chi connectivity index (χ1n) is 3.55. The van der Waals surface area contributed by atoms with Gasteiger partial charge in [0.25, 0.3) is 0 Å². The summed E-state index contributed by atoms with van der Waals surface area (Å²) in [6, 6.07) is 0. The lowest BCUT2D eigenvalue weighted by atomic mass is 10.3. The van der Waals surface area contributed by atoms with Crippen molar-refractivity contribution in [3.8, 4) is 0 Å². The minimum absolute atomic E-state index is 0.465. The molecule has 0 bridgehead atoms. The molecule has 0 aromatic heterocycles. The Morgan fingerprint density at radius 3 is 3.30 bits per heavy atom. The molecule has 1 aliphatic carbocycles. The van der Waals surface area contributed by atoms with Crippen LogP contribution in [0.2, 0.25) is 0 Å². The van der Waals surface area contributed by atoms with Crippen LogP contribution in [-0.2, 0) is 0 Å². The van der Waals surface area contributed by atoms with Gasteiger partial charge in [0.05, 0.1) is 5.66 Å². The highest BCUT2D eigenvalue weighted by Crippen LogP contribution is 2.57. The quantitative estimate of drug-likeness (QED) is 0.518. The van der Waals surface area contributed by atoms with Crippen LogP contribution in [0.4, 0.5) is 0 Å². The van der Waals surface area contributed by atoms with Gasteiger partial charge in [-0.2, -0.15) is 5.10 Å². The van der Waals surface area contributed by atoms with E-state index in [0.717, 1.165) is 0 Å². The lowest BCUT2D eigenvalue weighted by molar-refractivity contribution is 0.608. The Bertz CT molecular complexity index is 183. The molecule has 2 unspecified atom stereocenters. The van der Waals surface area contributed by atoms with Crippen molar-refractivity contribution >= 4 is 24.4 Å². The van der Waals surface area contributed by atoms with Gasteiger partial charge in [0, 0.05) is 12.8 Å². The molecule has 0 saturated heterocycles. The molecule has 0 aromatic carbocycles. The predicted octanol–water partition coefficient (Wildman–Crippen LogP) is 2.39. The lowest BCUT2D eigenvalue weighted by Crippen LogP contribution is -2.04. The molecule has 1 saturated carbocycles. The smallest absolute Gasteiger partial charge is 0.115 e. The molecule has 2 atom stereocenters. The average molecular weight is 177 g/mol. The van der Waals surface area contributed by atoms with Crippen LogP contribution < -0.4 is 0 Å².